The fourth-order valence-corrected chi connectivity index (χ4v) is 5.53. The van der Waals surface area contributed by atoms with E-state index >= 15 is 0 Å². The molecule has 2 aromatic carbocycles. The van der Waals surface area contributed by atoms with Crippen molar-refractivity contribution in [3.8, 4) is 0 Å². The van der Waals surface area contributed by atoms with Gasteiger partial charge in [0.2, 0.25) is 15.9 Å². The molecule has 4 rings (SSSR count). The van der Waals surface area contributed by atoms with Crippen molar-refractivity contribution in [1.82, 2.24) is 18.3 Å². The average molecular weight is 464 g/mol. The van der Waals surface area contributed by atoms with Gasteiger partial charge in [-0.15, -0.1) is 0 Å². The fourth-order valence-electron chi connectivity index (χ4n) is 4.00. The second-order valence-electron chi connectivity index (χ2n) is 7.44. The lowest BCUT2D eigenvalue weighted by Crippen LogP contribution is -2.51. The molecule has 3 aromatic rings. The maximum Gasteiger partial charge on any atom is 0.329 e. The van der Waals surface area contributed by atoms with E-state index in [-0.39, 0.29) is 44.3 Å². The minimum absolute atomic E-state index is 0.0509. The Morgan fingerprint density at radius 1 is 0.906 bits per heavy atom. The normalized spacial score (nSPS) is 15.4. The van der Waals surface area contributed by atoms with E-state index in [1.165, 1.54) is 9.47 Å². The number of nitrogens with zero attached hydrogens (tertiary/aromatic N) is 4. The van der Waals surface area contributed by atoms with Crippen molar-refractivity contribution in [2.24, 2.45) is 0 Å². The van der Waals surface area contributed by atoms with Crippen LogP contribution in [0.1, 0.15) is 6.92 Å². The number of hydrogen-bond donors (Lipinski definition) is 0. The molecule has 1 aromatic heterocycles. The molecule has 1 aliphatic rings. The third-order valence-electron chi connectivity index (χ3n) is 5.64. The summed E-state index contributed by atoms with van der Waals surface area (Å²) < 4.78 is 57.4. The Morgan fingerprint density at radius 3 is 2.03 bits per heavy atom. The van der Waals surface area contributed by atoms with E-state index < -0.39 is 26.6 Å². The Balaban J connectivity index is 1.50. The maximum absolute atomic E-state index is 14.0. The molecule has 1 amide bonds. The van der Waals surface area contributed by atoms with E-state index in [9.17, 15) is 26.8 Å². The number of piperazine rings is 1. The number of sulfonamides is 1. The van der Waals surface area contributed by atoms with Crippen molar-refractivity contribution in [3.63, 3.8) is 0 Å². The molecule has 1 aliphatic heterocycles. The van der Waals surface area contributed by atoms with Gasteiger partial charge in [-0.3, -0.25) is 13.9 Å². The van der Waals surface area contributed by atoms with Crippen molar-refractivity contribution in [3.05, 3.63) is 64.6 Å². The summed E-state index contributed by atoms with van der Waals surface area (Å²) in [5.74, 6) is -2.65. The highest BCUT2D eigenvalue weighted by Crippen LogP contribution is 2.23. The van der Waals surface area contributed by atoms with Gasteiger partial charge in [0, 0.05) is 32.7 Å². The van der Waals surface area contributed by atoms with Crippen molar-refractivity contribution in [2.75, 3.05) is 26.2 Å². The third kappa shape index (κ3) is 3.71. The smallest absolute Gasteiger partial charge is 0.329 e. The molecule has 0 radical (unpaired) electrons. The van der Waals surface area contributed by atoms with Gasteiger partial charge in [-0.25, -0.2) is 22.0 Å². The van der Waals surface area contributed by atoms with Gasteiger partial charge in [0.15, 0.2) is 4.90 Å². The van der Waals surface area contributed by atoms with Gasteiger partial charge in [-0.05, 0) is 31.2 Å². The fraction of sp³-hybridized carbons (Fsp3) is 0.333. The quantitative estimate of drug-likeness (QED) is 0.575. The van der Waals surface area contributed by atoms with E-state index in [1.54, 1.807) is 16.7 Å². The van der Waals surface area contributed by atoms with Crippen molar-refractivity contribution >= 4 is 27.0 Å². The first-order valence-corrected chi connectivity index (χ1v) is 11.6. The number of imidazole rings is 1. The van der Waals surface area contributed by atoms with E-state index in [0.29, 0.717) is 12.1 Å². The van der Waals surface area contributed by atoms with Gasteiger partial charge in [0.25, 0.3) is 0 Å². The van der Waals surface area contributed by atoms with Crippen LogP contribution in [0.4, 0.5) is 8.78 Å². The standard InChI is InChI=1S/C21H22F2N4O4S/c1-2-26-17-8-3-4-9-18(17)27(21(26)29)14-19(28)24-10-12-25(13-11-24)32(30,31)20-15(22)6-5-7-16(20)23/h3-9H,2,10-14H2,1H3. The minimum Gasteiger partial charge on any atom is -0.338 e. The molecule has 170 valence electrons. The van der Waals surface area contributed by atoms with Gasteiger partial charge in [0.1, 0.15) is 18.2 Å². The van der Waals surface area contributed by atoms with Crippen LogP contribution >= 0.6 is 0 Å². The number of benzene rings is 2. The second-order valence-corrected chi connectivity index (χ2v) is 9.31. The Hall–Kier alpha value is -3.05. The highest BCUT2D eigenvalue weighted by Gasteiger charge is 2.34. The summed E-state index contributed by atoms with van der Waals surface area (Å²) in [7, 11) is -4.38. The predicted octanol–water partition coefficient (Wildman–Crippen LogP) is 1.63. The molecule has 0 N–H and O–H groups in total. The highest BCUT2D eigenvalue weighted by molar-refractivity contribution is 7.89. The minimum atomic E-state index is -4.38. The first-order chi connectivity index (χ1) is 15.3. The third-order valence-corrected chi connectivity index (χ3v) is 7.59. The maximum atomic E-state index is 14.0. The number of hydrogen-bond acceptors (Lipinski definition) is 4. The number of amides is 1. The summed E-state index contributed by atoms with van der Waals surface area (Å²) in [6.07, 6.45) is 0. The van der Waals surface area contributed by atoms with Crippen LogP contribution in [0.25, 0.3) is 11.0 Å². The molecular weight excluding hydrogens is 442 g/mol. The summed E-state index contributed by atoms with van der Waals surface area (Å²) in [5.41, 5.74) is 1.08. The Labute approximate surface area is 183 Å². The van der Waals surface area contributed by atoms with Crippen LogP contribution in [0.2, 0.25) is 0 Å². The summed E-state index contributed by atoms with van der Waals surface area (Å²) >= 11 is 0. The van der Waals surface area contributed by atoms with Gasteiger partial charge >= 0.3 is 5.69 Å². The highest BCUT2D eigenvalue weighted by atomic mass is 32.2. The van der Waals surface area contributed by atoms with E-state index in [1.807, 2.05) is 19.1 Å². The van der Waals surface area contributed by atoms with Gasteiger partial charge in [-0.1, -0.05) is 18.2 Å². The van der Waals surface area contributed by atoms with Crippen molar-refractivity contribution in [2.45, 2.75) is 24.9 Å². The molecule has 32 heavy (non-hydrogen) atoms. The Bertz CT molecular complexity index is 1320. The predicted molar refractivity (Wildman–Crippen MR) is 114 cm³/mol. The van der Waals surface area contributed by atoms with Crippen LogP contribution in [0, 0.1) is 11.6 Å². The number of aromatic nitrogens is 2. The number of para-hydroxylation sites is 2. The molecule has 0 unspecified atom stereocenters. The number of carbonyl (C=O) groups is 1. The zero-order valence-corrected chi connectivity index (χ0v) is 18.2. The molecule has 0 saturated carbocycles. The zero-order chi connectivity index (χ0) is 23.0. The van der Waals surface area contributed by atoms with E-state index in [0.717, 1.165) is 28.0 Å². The monoisotopic (exact) mass is 464 g/mol. The second kappa shape index (κ2) is 8.47. The Morgan fingerprint density at radius 2 is 1.47 bits per heavy atom. The molecule has 2 heterocycles. The number of fused-ring (bicyclic) bond motifs is 1. The molecule has 1 fully saturated rings. The van der Waals surface area contributed by atoms with E-state index in [4.69, 9.17) is 0 Å². The molecule has 1 saturated heterocycles. The number of aryl methyl sites for hydroxylation is 1. The van der Waals surface area contributed by atoms with Crippen LogP contribution < -0.4 is 5.69 Å². The van der Waals surface area contributed by atoms with Crippen LogP contribution in [-0.4, -0.2) is 58.8 Å². The lowest BCUT2D eigenvalue weighted by molar-refractivity contribution is -0.133. The van der Waals surface area contributed by atoms with Gasteiger partial charge in [-0.2, -0.15) is 4.31 Å². The summed E-state index contributed by atoms with van der Waals surface area (Å²) in [4.78, 5) is 26.1. The lowest BCUT2D eigenvalue weighted by atomic mass is 10.3. The Kier molecular flexibility index (Phi) is 5.87. The molecule has 0 spiro atoms. The zero-order valence-electron chi connectivity index (χ0n) is 17.4. The summed E-state index contributed by atoms with van der Waals surface area (Å²) in [5, 5.41) is 0. The van der Waals surface area contributed by atoms with Gasteiger partial charge < -0.3 is 4.90 Å². The van der Waals surface area contributed by atoms with Crippen LogP contribution in [0.5, 0.6) is 0 Å². The first kappa shape index (κ1) is 22.2. The lowest BCUT2D eigenvalue weighted by Gasteiger charge is -2.34. The van der Waals surface area contributed by atoms with Crippen LogP contribution in [0.15, 0.2) is 52.2 Å². The topological polar surface area (TPSA) is 84.6 Å². The van der Waals surface area contributed by atoms with Gasteiger partial charge in [0.05, 0.1) is 11.0 Å². The largest absolute Gasteiger partial charge is 0.338 e. The van der Waals surface area contributed by atoms with Crippen molar-refractivity contribution in [1.29, 1.82) is 0 Å². The van der Waals surface area contributed by atoms with Crippen molar-refractivity contribution < 1.29 is 22.0 Å². The first-order valence-electron chi connectivity index (χ1n) is 10.2. The number of halogens is 2. The number of carbonyl (C=O) groups excluding carboxylic acids is 1. The summed E-state index contributed by atoms with van der Waals surface area (Å²) in [6.45, 7) is 2.02. The average Bonchev–Trinajstić information content (AvgIpc) is 3.04. The van der Waals surface area contributed by atoms with E-state index in [2.05, 4.69) is 0 Å². The summed E-state index contributed by atoms with van der Waals surface area (Å²) in [6, 6.07) is 10.1. The van der Waals surface area contributed by atoms with Crippen LogP contribution in [0.3, 0.4) is 0 Å². The molecule has 0 atom stereocenters. The molecule has 0 bridgehead atoms. The molecule has 8 nitrogen and oxygen atoms in total. The molecule has 0 aliphatic carbocycles. The van der Waals surface area contributed by atoms with Crippen LogP contribution in [-0.2, 0) is 27.9 Å². The molecular formula is C21H22F2N4O4S. The number of rotatable bonds is 5. The SMILES string of the molecule is CCn1c(=O)n(CC(=O)N2CCN(S(=O)(=O)c3c(F)cccc3F)CC2)c2ccccc21. The molecule has 11 heteroatoms.